The Balaban J connectivity index is 2.31. The summed E-state index contributed by atoms with van der Waals surface area (Å²) in [5.74, 6) is -0.861. The van der Waals surface area contributed by atoms with Gasteiger partial charge in [-0.15, -0.1) is 0 Å². The van der Waals surface area contributed by atoms with Gasteiger partial charge in [0.1, 0.15) is 0 Å². The largest absolute Gasteiger partial charge is 0.478 e. The van der Waals surface area contributed by atoms with Crippen LogP contribution >= 0.6 is 0 Å². The minimum atomic E-state index is -0.861. The van der Waals surface area contributed by atoms with E-state index < -0.39 is 5.97 Å². The second-order valence-electron chi connectivity index (χ2n) is 3.63. The molecule has 0 aromatic heterocycles. The third kappa shape index (κ3) is 1.93. The Labute approximate surface area is 82.3 Å². The Morgan fingerprint density at radius 3 is 2.93 bits per heavy atom. The Morgan fingerprint density at radius 1 is 1.64 bits per heavy atom. The summed E-state index contributed by atoms with van der Waals surface area (Å²) < 4.78 is 5.09. The molecule has 1 aromatic rings. The maximum absolute atomic E-state index is 10.9. The molecule has 1 unspecified atom stereocenters. The number of carboxylic acids is 1. The van der Waals surface area contributed by atoms with E-state index in [0.29, 0.717) is 12.0 Å². The van der Waals surface area contributed by atoms with Crippen molar-refractivity contribution in [2.24, 2.45) is 0 Å². The van der Waals surface area contributed by atoms with E-state index in [0.717, 1.165) is 17.7 Å². The quantitative estimate of drug-likeness (QED) is 0.740. The van der Waals surface area contributed by atoms with Gasteiger partial charge in [-0.3, -0.25) is 0 Å². The predicted octanol–water partition coefficient (Wildman–Crippen LogP) is 1.63. The van der Waals surface area contributed by atoms with Gasteiger partial charge in [0.05, 0.1) is 18.3 Å². The van der Waals surface area contributed by atoms with Crippen molar-refractivity contribution in [3.63, 3.8) is 0 Å². The first kappa shape index (κ1) is 9.21. The van der Waals surface area contributed by atoms with E-state index in [1.165, 1.54) is 0 Å². The van der Waals surface area contributed by atoms with Gasteiger partial charge in [-0.2, -0.15) is 0 Å². The number of hydrogen-bond donors (Lipinski definition) is 1. The molecule has 1 aliphatic rings. The molecule has 2 rings (SSSR count). The number of rotatable bonds is 3. The van der Waals surface area contributed by atoms with E-state index in [4.69, 9.17) is 9.84 Å². The molecule has 74 valence electrons. The summed E-state index contributed by atoms with van der Waals surface area (Å²) in [7, 11) is 0. The van der Waals surface area contributed by atoms with Crippen LogP contribution in [0.1, 0.15) is 21.5 Å². The summed E-state index contributed by atoms with van der Waals surface area (Å²) in [4.78, 5) is 10.9. The minimum absolute atomic E-state index is 0.231. The van der Waals surface area contributed by atoms with Crippen LogP contribution in [0, 0.1) is 6.92 Å². The van der Waals surface area contributed by atoms with E-state index in [1.54, 1.807) is 6.07 Å². The fourth-order valence-electron chi connectivity index (χ4n) is 1.53. The van der Waals surface area contributed by atoms with Crippen molar-refractivity contribution in [1.29, 1.82) is 0 Å². The van der Waals surface area contributed by atoms with Crippen LogP contribution in [0.2, 0.25) is 0 Å². The molecule has 1 N–H and O–H groups in total. The maximum atomic E-state index is 10.9. The van der Waals surface area contributed by atoms with E-state index in [2.05, 4.69) is 0 Å². The van der Waals surface area contributed by atoms with Gasteiger partial charge >= 0.3 is 5.97 Å². The van der Waals surface area contributed by atoms with Crippen LogP contribution in [0.4, 0.5) is 0 Å². The first-order valence-corrected chi connectivity index (χ1v) is 4.61. The molecule has 0 saturated carbocycles. The van der Waals surface area contributed by atoms with Gasteiger partial charge < -0.3 is 9.84 Å². The van der Waals surface area contributed by atoms with Crippen molar-refractivity contribution in [2.75, 3.05) is 6.61 Å². The first-order valence-electron chi connectivity index (χ1n) is 4.61. The fourth-order valence-corrected chi connectivity index (χ4v) is 1.53. The minimum Gasteiger partial charge on any atom is -0.478 e. The zero-order chi connectivity index (χ0) is 10.1. The van der Waals surface area contributed by atoms with Gasteiger partial charge in [0.2, 0.25) is 0 Å². The smallest absolute Gasteiger partial charge is 0.335 e. The summed E-state index contributed by atoms with van der Waals surface area (Å²) in [6, 6.07) is 5.40. The highest BCUT2D eigenvalue weighted by Gasteiger charge is 2.24. The molecule has 14 heavy (non-hydrogen) atoms. The molecule has 3 nitrogen and oxygen atoms in total. The predicted molar refractivity (Wildman–Crippen MR) is 51.6 cm³/mol. The van der Waals surface area contributed by atoms with Gasteiger partial charge in [0.25, 0.3) is 0 Å². The second-order valence-corrected chi connectivity index (χ2v) is 3.63. The van der Waals surface area contributed by atoms with Crippen LogP contribution in [-0.4, -0.2) is 23.8 Å². The lowest BCUT2D eigenvalue weighted by atomic mass is 10.0. The summed E-state index contributed by atoms with van der Waals surface area (Å²) in [5, 5.41) is 8.95. The SMILES string of the molecule is Cc1ccc(C(=O)O)c(CC2CO2)c1. The fraction of sp³-hybridized carbons (Fsp3) is 0.364. The van der Waals surface area contributed by atoms with Crippen molar-refractivity contribution in [1.82, 2.24) is 0 Å². The highest BCUT2D eigenvalue weighted by atomic mass is 16.6. The average Bonchev–Trinajstić information content (AvgIpc) is 2.87. The van der Waals surface area contributed by atoms with Crippen molar-refractivity contribution >= 4 is 5.97 Å². The summed E-state index contributed by atoms with van der Waals surface area (Å²) in [6.07, 6.45) is 0.943. The average molecular weight is 192 g/mol. The van der Waals surface area contributed by atoms with Gasteiger partial charge in [0.15, 0.2) is 0 Å². The number of epoxide rings is 1. The van der Waals surface area contributed by atoms with Gasteiger partial charge in [0, 0.05) is 6.42 Å². The van der Waals surface area contributed by atoms with Crippen LogP contribution < -0.4 is 0 Å². The van der Waals surface area contributed by atoms with E-state index >= 15 is 0 Å². The van der Waals surface area contributed by atoms with Gasteiger partial charge in [-0.1, -0.05) is 17.7 Å². The lowest BCUT2D eigenvalue weighted by Crippen LogP contribution is -2.05. The highest BCUT2D eigenvalue weighted by Crippen LogP contribution is 2.20. The summed E-state index contributed by atoms with van der Waals surface area (Å²) in [5.41, 5.74) is 2.36. The molecule has 1 fully saturated rings. The standard InChI is InChI=1S/C11H12O3/c1-7-2-3-10(11(12)13)8(4-7)5-9-6-14-9/h2-4,9H,5-6H2,1H3,(H,12,13). The van der Waals surface area contributed by atoms with E-state index in [9.17, 15) is 4.79 Å². The zero-order valence-corrected chi connectivity index (χ0v) is 7.99. The number of hydrogen-bond acceptors (Lipinski definition) is 2. The molecule has 0 amide bonds. The van der Waals surface area contributed by atoms with Crippen molar-refractivity contribution in [3.8, 4) is 0 Å². The second kappa shape index (κ2) is 3.42. The number of aryl methyl sites for hydroxylation is 1. The zero-order valence-electron chi connectivity index (χ0n) is 7.99. The molecule has 0 bridgehead atoms. The van der Waals surface area contributed by atoms with Crippen molar-refractivity contribution < 1.29 is 14.6 Å². The number of carboxylic acid groups (broad SMARTS) is 1. The molecular weight excluding hydrogens is 180 g/mol. The van der Waals surface area contributed by atoms with Crippen LogP contribution in [-0.2, 0) is 11.2 Å². The number of benzene rings is 1. The molecule has 1 aliphatic heterocycles. The topological polar surface area (TPSA) is 49.8 Å². The Hall–Kier alpha value is -1.35. The molecular formula is C11H12O3. The van der Waals surface area contributed by atoms with Crippen LogP contribution in [0.5, 0.6) is 0 Å². The summed E-state index contributed by atoms with van der Waals surface area (Å²) >= 11 is 0. The monoisotopic (exact) mass is 192 g/mol. The third-order valence-corrected chi connectivity index (χ3v) is 2.34. The Morgan fingerprint density at radius 2 is 2.36 bits per heavy atom. The number of carbonyl (C=O) groups is 1. The Kier molecular flexibility index (Phi) is 2.25. The third-order valence-electron chi connectivity index (χ3n) is 2.34. The molecule has 3 heteroatoms. The Bertz CT molecular complexity index is 367. The van der Waals surface area contributed by atoms with Gasteiger partial charge in [-0.05, 0) is 18.6 Å². The molecule has 0 spiro atoms. The van der Waals surface area contributed by atoms with E-state index in [1.807, 2.05) is 19.1 Å². The molecule has 1 atom stereocenters. The molecule has 1 aromatic carbocycles. The normalized spacial score (nSPS) is 19.4. The summed E-state index contributed by atoms with van der Waals surface area (Å²) in [6.45, 7) is 2.72. The maximum Gasteiger partial charge on any atom is 0.335 e. The van der Waals surface area contributed by atoms with Crippen LogP contribution in [0.15, 0.2) is 18.2 Å². The molecule has 1 heterocycles. The van der Waals surface area contributed by atoms with Crippen LogP contribution in [0.25, 0.3) is 0 Å². The highest BCUT2D eigenvalue weighted by molar-refractivity contribution is 5.89. The number of aromatic carboxylic acids is 1. The lowest BCUT2D eigenvalue weighted by Gasteiger charge is -2.05. The molecule has 0 aliphatic carbocycles. The molecule has 1 saturated heterocycles. The first-order chi connectivity index (χ1) is 6.66. The van der Waals surface area contributed by atoms with E-state index in [-0.39, 0.29) is 6.10 Å². The van der Waals surface area contributed by atoms with Crippen LogP contribution in [0.3, 0.4) is 0 Å². The molecule has 0 radical (unpaired) electrons. The van der Waals surface area contributed by atoms with Crippen molar-refractivity contribution in [3.05, 3.63) is 34.9 Å². The lowest BCUT2D eigenvalue weighted by molar-refractivity contribution is 0.0695. The number of ether oxygens (including phenoxy) is 1. The van der Waals surface area contributed by atoms with Crippen molar-refractivity contribution in [2.45, 2.75) is 19.4 Å². The van der Waals surface area contributed by atoms with Gasteiger partial charge in [-0.25, -0.2) is 4.79 Å².